The Morgan fingerprint density at radius 2 is 1.62 bits per heavy atom. The number of carbonyl (C=O) groups is 1. The predicted molar refractivity (Wildman–Crippen MR) is 174 cm³/mol. The van der Waals surface area contributed by atoms with Crippen molar-refractivity contribution in [3.63, 3.8) is 0 Å². The Labute approximate surface area is 274 Å². The van der Waals surface area contributed by atoms with E-state index in [1.54, 1.807) is 18.5 Å². The summed E-state index contributed by atoms with van der Waals surface area (Å²) in [5.74, 6) is 2.58. The van der Waals surface area contributed by atoms with Crippen molar-refractivity contribution in [2.75, 3.05) is 70.5 Å². The summed E-state index contributed by atoms with van der Waals surface area (Å²) in [7, 11) is 0. The first-order chi connectivity index (χ1) is 21.9. The minimum Gasteiger partial charge on any atom is -0.436 e. The number of anilines is 1. The molecule has 0 bridgehead atoms. The van der Waals surface area contributed by atoms with E-state index < -0.39 is 0 Å². The Hall–Kier alpha value is -3.02. The molecule has 1 aromatic carbocycles. The van der Waals surface area contributed by atoms with Gasteiger partial charge in [0.2, 0.25) is 17.7 Å². The molecule has 4 aliphatic heterocycles. The molecule has 0 radical (unpaired) electrons. The molecule has 7 rings (SSSR count). The molecule has 238 valence electrons. The van der Waals surface area contributed by atoms with Crippen LogP contribution in [0.15, 0.2) is 42.7 Å². The van der Waals surface area contributed by atoms with Crippen LogP contribution in [0.5, 0.6) is 11.6 Å². The number of nitrogens with zero attached hydrogens (tertiary/aromatic N) is 7. The number of ether oxygens (including phenoxy) is 2. The molecular formula is C33H39Cl2N7O3. The molecule has 4 fully saturated rings. The number of hydrogen-bond donors (Lipinski definition) is 0. The second-order valence-corrected chi connectivity index (χ2v) is 13.4. The fourth-order valence-electron chi connectivity index (χ4n) is 6.71. The number of rotatable bonds is 9. The SMILES string of the molecule is O=C1CCCN1CC1CCN(Cc2cc(Oc3cnc(N4CCN(C5COC5)CC4)nc3)nc(-c3cc(Cl)cc(Cl)c3)c2)CC1. The van der Waals surface area contributed by atoms with Crippen LogP contribution in [-0.4, -0.2) is 107 Å². The number of hydrogen-bond acceptors (Lipinski definition) is 9. The molecule has 4 aliphatic rings. The molecule has 4 saturated heterocycles. The van der Waals surface area contributed by atoms with Gasteiger partial charge in [-0.15, -0.1) is 0 Å². The van der Waals surface area contributed by atoms with Crippen LogP contribution in [0, 0.1) is 5.92 Å². The van der Waals surface area contributed by atoms with Crippen molar-refractivity contribution in [1.29, 1.82) is 0 Å². The van der Waals surface area contributed by atoms with E-state index in [1.807, 2.05) is 18.2 Å². The van der Waals surface area contributed by atoms with Crippen LogP contribution in [0.2, 0.25) is 10.0 Å². The zero-order valence-electron chi connectivity index (χ0n) is 25.4. The van der Waals surface area contributed by atoms with Crippen LogP contribution >= 0.6 is 23.2 Å². The normalized spacial score (nSPS) is 20.5. The number of carbonyl (C=O) groups excluding carboxylic acids is 1. The molecular weight excluding hydrogens is 613 g/mol. The van der Waals surface area contributed by atoms with Crippen molar-refractivity contribution in [2.24, 2.45) is 5.92 Å². The highest BCUT2D eigenvalue weighted by Crippen LogP contribution is 2.31. The van der Waals surface area contributed by atoms with Gasteiger partial charge in [0, 0.05) is 73.9 Å². The highest BCUT2D eigenvalue weighted by atomic mass is 35.5. The van der Waals surface area contributed by atoms with E-state index in [2.05, 4.69) is 35.6 Å². The number of pyridine rings is 1. The minimum absolute atomic E-state index is 0.313. The van der Waals surface area contributed by atoms with E-state index in [0.29, 0.717) is 51.9 Å². The van der Waals surface area contributed by atoms with E-state index in [9.17, 15) is 4.79 Å². The number of aromatic nitrogens is 3. The van der Waals surface area contributed by atoms with Crippen LogP contribution in [0.3, 0.4) is 0 Å². The summed E-state index contributed by atoms with van der Waals surface area (Å²) in [4.78, 5) is 35.4. The monoisotopic (exact) mass is 651 g/mol. The van der Waals surface area contributed by atoms with Gasteiger partial charge in [-0.25, -0.2) is 15.0 Å². The quantitative estimate of drug-likeness (QED) is 0.317. The molecule has 2 aromatic heterocycles. The third kappa shape index (κ3) is 7.52. The zero-order chi connectivity index (χ0) is 30.8. The Bertz CT molecular complexity index is 1470. The largest absolute Gasteiger partial charge is 0.436 e. The van der Waals surface area contributed by atoms with Crippen LogP contribution in [0.25, 0.3) is 11.3 Å². The summed E-state index contributed by atoms with van der Waals surface area (Å²) in [5, 5.41) is 1.10. The third-order valence-electron chi connectivity index (χ3n) is 9.35. The maximum Gasteiger partial charge on any atom is 0.225 e. The number of benzene rings is 1. The van der Waals surface area contributed by atoms with E-state index in [4.69, 9.17) is 37.7 Å². The Morgan fingerprint density at radius 3 is 2.27 bits per heavy atom. The summed E-state index contributed by atoms with van der Waals surface area (Å²) in [5.41, 5.74) is 2.65. The molecule has 45 heavy (non-hydrogen) atoms. The Balaban J connectivity index is 1.03. The number of piperidine rings is 1. The molecule has 6 heterocycles. The first-order valence-electron chi connectivity index (χ1n) is 16.0. The molecule has 3 aromatic rings. The third-order valence-corrected chi connectivity index (χ3v) is 9.79. The number of piperazine rings is 1. The van der Waals surface area contributed by atoms with Crippen molar-refractivity contribution in [3.8, 4) is 22.9 Å². The molecule has 0 atom stereocenters. The van der Waals surface area contributed by atoms with Crippen molar-refractivity contribution in [3.05, 3.63) is 58.3 Å². The fraction of sp³-hybridized carbons (Fsp3) is 0.515. The summed E-state index contributed by atoms with van der Waals surface area (Å²) in [6, 6.07) is 10.1. The molecule has 0 saturated carbocycles. The molecule has 0 unspecified atom stereocenters. The standard InChI is InChI=1S/C33H39Cl2N7O3/c34-26-14-25(15-27(35)16-26)30-12-24(19-39-6-3-23(4-7-39)20-42-5-1-2-32(42)43)13-31(38-30)45-29-17-36-33(37-18-29)41-10-8-40(9-11-41)28-21-44-22-28/h12-18,23,28H,1-11,19-22H2. The lowest BCUT2D eigenvalue weighted by Gasteiger charge is -2.42. The average Bonchev–Trinajstić information content (AvgIpc) is 3.41. The van der Waals surface area contributed by atoms with Crippen molar-refractivity contribution >= 4 is 35.1 Å². The van der Waals surface area contributed by atoms with Gasteiger partial charge >= 0.3 is 0 Å². The molecule has 0 spiro atoms. The number of amides is 1. The van der Waals surface area contributed by atoms with Gasteiger partial charge in [-0.1, -0.05) is 23.2 Å². The van der Waals surface area contributed by atoms with Gasteiger partial charge < -0.3 is 19.3 Å². The summed E-state index contributed by atoms with van der Waals surface area (Å²) in [6.07, 6.45) is 7.30. The second-order valence-electron chi connectivity index (χ2n) is 12.6. The van der Waals surface area contributed by atoms with Crippen LogP contribution in [0.4, 0.5) is 5.95 Å². The molecule has 1 amide bonds. The fourth-order valence-corrected chi connectivity index (χ4v) is 7.24. The van der Waals surface area contributed by atoms with Gasteiger partial charge in [-0.3, -0.25) is 14.6 Å². The smallest absolute Gasteiger partial charge is 0.225 e. The maximum atomic E-state index is 12.1. The van der Waals surface area contributed by atoms with Crippen molar-refractivity contribution < 1.29 is 14.3 Å². The van der Waals surface area contributed by atoms with E-state index in [0.717, 1.165) is 108 Å². The average molecular weight is 653 g/mol. The topological polar surface area (TPSA) is 87.2 Å². The van der Waals surface area contributed by atoms with Gasteiger partial charge in [-0.05, 0) is 68.1 Å². The highest BCUT2D eigenvalue weighted by molar-refractivity contribution is 6.35. The lowest BCUT2D eigenvalue weighted by atomic mass is 9.96. The van der Waals surface area contributed by atoms with Crippen LogP contribution < -0.4 is 9.64 Å². The molecule has 0 N–H and O–H groups in total. The van der Waals surface area contributed by atoms with E-state index in [-0.39, 0.29) is 0 Å². The van der Waals surface area contributed by atoms with Gasteiger partial charge in [0.25, 0.3) is 0 Å². The van der Waals surface area contributed by atoms with E-state index in [1.165, 1.54) is 0 Å². The van der Waals surface area contributed by atoms with Crippen LogP contribution in [-0.2, 0) is 16.1 Å². The molecule has 0 aliphatic carbocycles. The lowest BCUT2D eigenvalue weighted by molar-refractivity contribution is -0.128. The summed E-state index contributed by atoms with van der Waals surface area (Å²) < 4.78 is 11.6. The van der Waals surface area contributed by atoms with E-state index >= 15 is 0 Å². The highest BCUT2D eigenvalue weighted by Gasteiger charge is 2.30. The Morgan fingerprint density at radius 1 is 0.889 bits per heavy atom. The zero-order valence-corrected chi connectivity index (χ0v) is 26.9. The second kappa shape index (κ2) is 13.8. The van der Waals surface area contributed by atoms with Gasteiger partial charge in [0.05, 0.1) is 37.3 Å². The molecule has 10 nitrogen and oxygen atoms in total. The predicted octanol–water partition coefficient (Wildman–Crippen LogP) is 4.99. The number of likely N-dealkylation sites (tertiary alicyclic amines) is 2. The first-order valence-corrected chi connectivity index (χ1v) is 16.7. The number of halogens is 2. The maximum absolute atomic E-state index is 12.1. The lowest BCUT2D eigenvalue weighted by Crippen LogP contribution is -2.56. The molecule has 12 heteroatoms. The van der Waals surface area contributed by atoms with Crippen molar-refractivity contribution in [2.45, 2.75) is 38.3 Å². The first kappa shape index (κ1) is 30.6. The van der Waals surface area contributed by atoms with Gasteiger partial charge in [0.1, 0.15) is 0 Å². The summed E-state index contributed by atoms with van der Waals surface area (Å²) >= 11 is 12.7. The van der Waals surface area contributed by atoms with Gasteiger partial charge in [-0.2, -0.15) is 0 Å². The van der Waals surface area contributed by atoms with Gasteiger partial charge in [0.15, 0.2) is 5.75 Å². The summed E-state index contributed by atoms with van der Waals surface area (Å²) in [6.45, 7) is 9.97. The van der Waals surface area contributed by atoms with Crippen molar-refractivity contribution in [1.82, 2.24) is 29.7 Å². The Kier molecular flexibility index (Phi) is 9.37. The van der Waals surface area contributed by atoms with Crippen LogP contribution in [0.1, 0.15) is 31.2 Å². The minimum atomic E-state index is 0.313.